The molecule has 0 bridgehead atoms. The Labute approximate surface area is 175 Å². The number of rotatable bonds is 5. The molecule has 30 heavy (non-hydrogen) atoms. The Balaban J connectivity index is 1.44. The van der Waals surface area contributed by atoms with Gasteiger partial charge in [0.15, 0.2) is 0 Å². The van der Waals surface area contributed by atoms with Crippen molar-refractivity contribution in [1.29, 1.82) is 0 Å². The number of benzene rings is 1. The zero-order valence-electron chi connectivity index (χ0n) is 17.2. The minimum absolute atomic E-state index is 0.195. The summed E-state index contributed by atoms with van der Waals surface area (Å²) in [5.74, 6) is 0.846. The molecule has 4 heterocycles. The molecule has 0 unspecified atom stereocenters. The van der Waals surface area contributed by atoms with Crippen LogP contribution >= 0.6 is 0 Å². The van der Waals surface area contributed by atoms with E-state index >= 15 is 0 Å². The Hall–Kier alpha value is -3.16. The van der Waals surface area contributed by atoms with Gasteiger partial charge in [-0.1, -0.05) is 29.5 Å². The lowest BCUT2D eigenvalue weighted by Crippen LogP contribution is -2.46. The monoisotopic (exact) mass is 403 g/mol. The SMILES string of the molecule is COc1ccccc1-c1ccc2c([C@@H]3CN(Cc4ccoc4)CCN3C)nnn2c1. The Morgan fingerprint density at radius 3 is 2.87 bits per heavy atom. The number of para-hydroxylation sites is 1. The fraction of sp³-hybridized carbons (Fsp3) is 0.304. The summed E-state index contributed by atoms with van der Waals surface area (Å²) in [6.07, 6.45) is 5.57. The van der Waals surface area contributed by atoms with Crippen molar-refractivity contribution in [2.24, 2.45) is 0 Å². The number of methoxy groups -OCH3 is 1. The molecule has 7 heteroatoms. The quantitative estimate of drug-likeness (QED) is 0.508. The Morgan fingerprint density at radius 2 is 2.03 bits per heavy atom. The van der Waals surface area contributed by atoms with Gasteiger partial charge in [0.05, 0.1) is 31.2 Å². The van der Waals surface area contributed by atoms with E-state index in [1.54, 1.807) is 13.4 Å². The highest BCUT2D eigenvalue weighted by molar-refractivity contribution is 5.71. The molecule has 154 valence electrons. The number of ether oxygens (including phenoxy) is 1. The van der Waals surface area contributed by atoms with Gasteiger partial charge in [0.1, 0.15) is 11.4 Å². The topological polar surface area (TPSA) is 59.0 Å². The summed E-state index contributed by atoms with van der Waals surface area (Å²) in [5, 5.41) is 9.01. The van der Waals surface area contributed by atoms with Crippen LogP contribution in [0.1, 0.15) is 17.3 Å². The maximum absolute atomic E-state index is 5.52. The van der Waals surface area contributed by atoms with Gasteiger partial charge in [-0.15, -0.1) is 5.10 Å². The molecule has 5 rings (SSSR count). The van der Waals surface area contributed by atoms with E-state index in [2.05, 4.69) is 45.4 Å². The second-order valence-corrected chi connectivity index (χ2v) is 7.79. The highest BCUT2D eigenvalue weighted by Crippen LogP contribution is 2.31. The van der Waals surface area contributed by atoms with Crippen molar-refractivity contribution in [3.8, 4) is 16.9 Å². The molecule has 0 amide bonds. The van der Waals surface area contributed by atoms with Crippen LogP contribution in [0.2, 0.25) is 0 Å². The van der Waals surface area contributed by atoms with Gasteiger partial charge in [0, 0.05) is 49.1 Å². The molecule has 0 N–H and O–H groups in total. The molecule has 1 aliphatic heterocycles. The number of pyridine rings is 1. The molecular weight excluding hydrogens is 378 g/mol. The molecule has 1 fully saturated rings. The minimum atomic E-state index is 0.195. The van der Waals surface area contributed by atoms with E-state index in [0.29, 0.717) is 0 Å². The van der Waals surface area contributed by atoms with Crippen molar-refractivity contribution in [2.45, 2.75) is 12.6 Å². The molecule has 4 aromatic rings. The Bertz CT molecular complexity index is 1140. The molecule has 3 aromatic heterocycles. The molecule has 0 spiro atoms. The van der Waals surface area contributed by atoms with Crippen molar-refractivity contribution >= 4 is 5.52 Å². The summed E-state index contributed by atoms with van der Waals surface area (Å²) >= 11 is 0. The van der Waals surface area contributed by atoms with Crippen molar-refractivity contribution in [2.75, 3.05) is 33.8 Å². The largest absolute Gasteiger partial charge is 0.496 e. The Kier molecular flexibility index (Phi) is 4.98. The second-order valence-electron chi connectivity index (χ2n) is 7.79. The normalized spacial score (nSPS) is 18.1. The van der Waals surface area contributed by atoms with Crippen LogP contribution in [0.5, 0.6) is 5.75 Å². The molecular formula is C23H25N5O2. The third-order valence-corrected chi connectivity index (χ3v) is 5.89. The zero-order chi connectivity index (χ0) is 20.5. The van der Waals surface area contributed by atoms with E-state index in [9.17, 15) is 0 Å². The first-order valence-electron chi connectivity index (χ1n) is 10.1. The summed E-state index contributed by atoms with van der Waals surface area (Å²) < 4.78 is 12.6. The first-order chi connectivity index (χ1) is 14.7. The number of aromatic nitrogens is 3. The smallest absolute Gasteiger partial charge is 0.126 e. The van der Waals surface area contributed by atoms with Gasteiger partial charge in [0.25, 0.3) is 0 Å². The highest BCUT2D eigenvalue weighted by atomic mass is 16.5. The number of fused-ring (bicyclic) bond motifs is 1. The van der Waals surface area contributed by atoms with Crippen LogP contribution in [0.4, 0.5) is 0 Å². The van der Waals surface area contributed by atoms with Gasteiger partial charge in [-0.05, 0) is 25.2 Å². The standard InChI is InChI=1S/C23H25N5O2/c1-26-10-11-27(13-17-9-12-30-16-17)15-21(26)23-20-8-7-18(14-28(20)25-24-23)19-5-3-4-6-22(19)29-2/h3-9,12,14,16,21H,10-11,13,15H2,1-2H3/t21-/m0/s1. The third-order valence-electron chi connectivity index (χ3n) is 5.89. The summed E-state index contributed by atoms with van der Waals surface area (Å²) in [6, 6.07) is 14.5. The molecule has 7 nitrogen and oxygen atoms in total. The van der Waals surface area contributed by atoms with Crippen molar-refractivity contribution < 1.29 is 9.15 Å². The summed E-state index contributed by atoms with van der Waals surface area (Å²) in [4.78, 5) is 4.81. The average Bonchev–Trinajstić information content (AvgIpc) is 3.44. The molecule has 1 aromatic carbocycles. The number of nitrogens with zero attached hydrogens (tertiary/aromatic N) is 5. The third kappa shape index (κ3) is 3.46. The van der Waals surface area contributed by atoms with Crippen LogP contribution < -0.4 is 4.74 Å². The Morgan fingerprint density at radius 1 is 1.13 bits per heavy atom. The average molecular weight is 403 g/mol. The predicted molar refractivity (Wildman–Crippen MR) is 114 cm³/mol. The number of furan rings is 1. The van der Waals surface area contributed by atoms with Crippen LogP contribution in [0.25, 0.3) is 16.6 Å². The molecule has 1 aliphatic rings. The lowest BCUT2D eigenvalue weighted by Gasteiger charge is -2.38. The minimum Gasteiger partial charge on any atom is -0.496 e. The second kappa shape index (κ2) is 7.93. The van der Waals surface area contributed by atoms with E-state index in [1.807, 2.05) is 41.2 Å². The van der Waals surface area contributed by atoms with E-state index < -0.39 is 0 Å². The molecule has 1 saturated heterocycles. The van der Waals surface area contributed by atoms with Crippen LogP contribution in [0, 0.1) is 0 Å². The number of hydrogen-bond donors (Lipinski definition) is 0. The number of likely N-dealkylation sites (N-methyl/N-ethyl adjacent to an activating group) is 1. The molecule has 0 aliphatic carbocycles. The molecule has 1 atom stereocenters. The van der Waals surface area contributed by atoms with E-state index in [0.717, 1.165) is 54.3 Å². The van der Waals surface area contributed by atoms with Gasteiger partial charge in [-0.2, -0.15) is 0 Å². The summed E-state index contributed by atoms with van der Waals surface area (Å²) in [5.41, 5.74) is 5.35. The molecule has 0 saturated carbocycles. The lowest BCUT2D eigenvalue weighted by molar-refractivity contribution is 0.0888. The van der Waals surface area contributed by atoms with E-state index in [1.165, 1.54) is 5.56 Å². The van der Waals surface area contributed by atoms with E-state index in [-0.39, 0.29) is 6.04 Å². The maximum atomic E-state index is 5.52. The van der Waals surface area contributed by atoms with Gasteiger partial charge >= 0.3 is 0 Å². The fourth-order valence-corrected chi connectivity index (χ4v) is 4.20. The highest BCUT2D eigenvalue weighted by Gasteiger charge is 2.29. The summed E-state index contributed by atoms with van der Waals surface area (Å²) in [6.45, 7) is 3.80. The van der Waals surface area contributed by atoms with Crippen molar-refractivity contribution in [1.82, 2.24) is 24.6 Å². The van der Waals surface area contributed by atoms with Gasteiger partial charge in [-0.3, -0.25) is 9.80 Å². The van der Waals surface area contributed by atoms with Crippen molar-refractivity contribution in [3.05, 3.63) is 72.4 Å². The van der Waals surface area contributed by atoms with Gasteiger partial charge < -0.3 is 9.15 Å². The predicted octanol–water partition coefficient (Wildman–Crippen LogP) is 3.49. The first-order valence-corrected chi connectivity index (χ1v) is 10.1. The van der Waals surface area contributed by atoms with Crippen molar-refractivity contribution in [3.63, 3.8) is 0 Å². The van der Waals surface area contributed by atoms with Gasteiger partial charge in [0.2, 0.25) is 0 Å². The van der Waals surface area contributed by atoms with Crippen LogP contribution in [0.3, 0.4) is 0 Å². The molecule has 0 radical (unpaired) electrons. The first kappa shape index (κ1) is 18.8. The number of piperazine rings is 1. The lowest BCUT2D eigenvalue weighted by atomic mass is 10.0. The van der Waals surface area contributed by atoms with Crippen LogP contribution in [0.15, 0.2) is 65.6 Å². The van der Waals surface area contributed by atoms with Crippen LogP contribution in [-0.2, 0) is 6.54 Å². The van der Waals surface area contributed by atoms with Crippen LogP contribution in [-0.4, -0.2) is 58.4 Å². The fourth-order valence-electron chi connectivity index (χ4n) is 4.20. The zero-order valence-corrected chi connectivity index (χ0v) is 17.2. The van der Waals surface area contributed by atoms with Gasteiger partial charge in [-0.25, -0.2) is 4.52 Å². The van der Waals surface area contributed by atoms with E-state index in [4.69, 9.17) is 9.15 Å². The summed E-state index contributed by atoms with van der Waals surface area (Å²) in [7, 11) is 3.85. The number of hydrogen-bond acceptors (Lipinski definition) is 6. The maximum Gasteiger partial charge on any atom is 0.126 e.